The van der Waals surface area contributed by atoms with E-state index in [1.54, 1.807) is 13.8 Å². The maximum absolute atomic E-state index is 11.9. The summed E-state index contributed by atoms with van der Waals surface area (Å²) in [6, 6.07) is 18.0. The van der Waals surface area contributed by atoms with Gasteiger partial charge in [-0.3, -0.25) is 0 Å². The number of anilines is 1. The molecule has 0 saturated heterocycles. The lowest BCUT2D eigenvalue weighted by Gasteiger charge is -2.16. The zero-order chi connectivity index (χ0) is 16.2. The summed E-state index contributed by atoms with van der Waals surface area (Å²) in [6.07, 6.45) is 0. The van der Waals surface area contributed by atoms with E-state index in [0.29, 0.717) is 0 Å². The SMILES string of the molecule is CC(Nc1ccc(CS(=O)(=O)C(C)C)cc1)c1ccccc1. The van der Waals surface area contributed by atoms with Crippen molar-refractivity contribution in [1.82, 2.24) is 0 Å². The molecule has 4 heteroatoms. The van der Waals surface area contributed by atoms with Gasteiger partial charge in [0.15, 0.2) is 9.84 Å². The molecule has 1 atom stereocenters. The summed E-state index contributed by atoms with van der Waals surface area (Å²) in [4.78, 5) is 0. The highest BCUT2D eigenvalue weighted by molar-refractivity contribution is 7.91. The van der Waals surface area contributed by atoms with E-state index in [9.17, 15) is 8.42 Å². The maximum Gasteiger partial charge on any atom is 0.156 e. The molecular formula is C18H23NO2S. The highest BCUT2D eigenvalue weighted by atomic mass is 32.2. The van der Waals surface area contributed by atoms with Crippen molar-refractivity contribution in [3.05, 3.63) is 65.7 Å². The van der Waals surface area contributed by atoms with Crippen LogP contribution in [0.5, 0.6) is 0 Å². The molecule has 0 amide bonds. The minimum absolute atomic E-state index is 0.0964. The van der Waals surface area contributed by atoms with E-state index in [1.807, 2.05) is 42.5 Å². The number of rotatable bonds is 6. The van der Waals surface area contributed by atoms with Crippen molar-refractivity contribution in [3.63, 3.8) is 0 Å². The molecule has 0 saturated carbocycles. The van der Waals surface area contributed by atoms with Crippen molar-refractivity contribution in [2.24, 2.45) is 0 Å². The molecule has 118 valence electrons. The molecule has 2 rings (SSSR count). The largest absolute Gasteiger partial charge is 0.379 e. The van der Waals surface area contributed by atoms with Crippen molar-refractivity contribution >= 4 is 15.5 Å². The summed E-state index contributed by atoms with van der Waals surface area (Å²) in [5.41, 5.74) is 3.03. The first-order valence-corrected chi connectivity index (χ1v) is 9.22. The summed E-state index contributed by atoms with van der Waals surface area (Å²) in [7, 11) is -3.05. The molecule has 2 aromatic carbocycles. The molecule has 3 nitrogen and oxygen atoms in total. The first-order valence-electron chi connectivity index (χ1n) is 7.50. The van der Waals surface area contributed by atoms with Crippen LogP contribution in [0.3, 0.4) is 0 Å². The third-order valence-corrected chi connectivity index (χ3v) is 5.89. The predicted molar refractivity (Wildman–Crippen MR) is 92.7 cm³/mol. The van der Waals surface area contributed by atoms with Gasteiger partial charge in [-0.1, -0.05) is 42.5 Å². The lowest BCUT2D eigenvalue weighted by atomic mass is 10.1. The Hall–Kier alpha value is -1.81. The zero-order valence-corrected chi connectivity index (χ0v) is 14.1. The second-order valence-corrected chi connectivity index (χ2v) is 8.39. The molecule has 1 N–H and O–H groups in total. The first-order chi connectivity index (χ1) is 10.4. The predicted octanol–water partition coefficient (Wildman–Crippen LogP) is 4.18. The minimum Gasteiger partial charge on any atom is -0.379 e. The van der Waals surface area contributed by atoms with E-state index in [0.717, 1.165) is 11.3 Å². The van der Waals surface area contributed by atoms with Crippen LogP contribution in [0.4, 0.5) is 5.69 Å². The normalized spacial score (nSPS) is 13.1. The molecular weight excluding hydrogens is 294 g/mol. The van der Waals surface area contributed by atoms with Crippen molar-refractivity contribution in [1.29, 1.82) is 0 Å². The van der Waals surface area contributed by atoms with Gasteiger partial charge in [0.1, 0.15) is 0 Å². The van der Waals surface area contributed by atoms with Crippen LogP contribution < -0.4 is 5.32 Å². The topological polar surface area (TPSA) is 46.2 Å². The smallest absolute Gasteiger partial charge is 0.156 e. The molecule has 0 aromatic heterocycles. The van der Waals surface area contributed by atoms with Crippen LogP contribution >= 0.6 is 0 Å². The molecule has 0 aliphatic rings. The highest BCUT2D eigenvalue weighted by Crippen LogP contribution is 2.20. The summed E-state index contributed by atoms with van der Waals surface area (Å²) in [6.45, 7) is 5.53. The van der Waals surface area contributed by atoms with Gasteiger partial charge in [-0.25, -0.2) is 8.42 Å². The zero-order valence-electron chi connectivity index (χ0n) is 13.3. The highest BCUT2D eigenvalue weighted by Gasteiger charge is 2.16. The molecule has 0 fully saturated rings. The number of benzene rings is 2. The Balaban J connectivity index is 2.04. The van der Waals surface area contributed by atoms with Crippen LogP contribution in [0.15, 0.2) is 54.6 Å². The van der Waals surface area contributed by atoms with Gasteiger partial charge in [-0.2, -0.15) is 0 Å². The monoisotopic (exact) mass is 317 g/mol. The average molecular weight is 317 g/mol. The van der Waals surface area contributed by atoms with E-state index in [1.165, 1.54) is 5.56 Å². The number of hydrogen-bond donors (Lipinski definition) is 1. The second-order valence-electron chi connectivity index (χ2n) is 5.83. The van der Waals surface area contributed by atoms with Gasteiger partial charge in [-0.15, -0.1) is 0 Å². The van der Waals surface area contributed by atoms with Crippen molar-refractivity contribution in [2.45, 2.75) is 37.8 Å². The second kappa shape index (κ2) is 6.97. The van der Waals surface area contributed by atoms with Gasteiger partial charge in [0.05, 0.1) is 11.0 Å². The lowest BCUT2D eigenvalue weighted by Crippen LogP contribution is -2.16. The molecule has 0 aliphatic heterocycles. The Morgan fingerprint density at radius 3 is 2.05 bits per heavy atom. The molecule has 0 aliphatic carbocycles. The molecule has 2 aromatic rings. The minimum atomic E-state index is -3.05. The van der Waals surface area contributed by atoms with Crippen molar-refractivity contribution in [2.75, 3.05) is 5.32 Å². The third kappa shape index (κ3) is 4.34. The van der Waals surface area contributed by atoms with Crippen LogP contribution in [-0.4, -0.2) is 13.7 Å². The summed E-state index contributed by atoms with van der Waals surface area (Å²) < 4.78 is 23.9. The fraction of sp³-hybridized carbons (Fsp3) is 0.333. The molecule has 22 heavy (non-hydrogen) atoms. The molecule has 0 spiro atoms. The number of sulfone groups is 1. The molecule has 1 unspecified atom stereocenters. The summed E-state index contributed by atoms with van der Waals surface area (Å²) >= 11 is 0. The standard InChI is InChI=1S/C18H23NO2S/c1-14(2)22(20,21)13-16-9-11-18(12-10-16)19-15(3)17-7-5-4-6-8-17/h4-12,14-15,19H,13H2,1-3H3. The van der Waals surface area contributed by atoms with Crippen LogP contribution in [0.25, 0.3) is 0 Å². The summed E-state index contributed by atoms with van der Waals surface area (Å²) in [5.74, 6) is 0.0964. The van der Waals surface area contributed by atoms with E-state index in [4.69, 9.17) is 0 Å². The van der Waals surface area contributed by atoms with Crippen LogP contribution in [0, 0.1) is 0 Å². The lowest BCUT2D eigenvalue weighted by molar-refractivity contribution is 0.586. The molecule has 0 heterocycles. The van der Waals surface area contributed by atoms with E-state index < -0.39 is 9.84 Å². The van der Waals surface area contributed by atoms with Crippen LogP contribution in [0.2, 0.25) is 0 Å². The Morgan fingerprint density at radius 1 is 0.909 bits per heavy atom. The Bertz CT molecular complexity index is 692. The van der Waals surface area contributed by atoms with Gasteiger partial charge in [0.25, 0.3) is 0 Å². The van der Waals surface area contributed by atoms with E-state index in [-0.39, 0.29) is 17.0 Å². The van der Waals surface area contributed by atoms with Crippen molar-refractivity contribution < 1.29 is 8.42 Å². The number of nitrogens with one attached hydrogen (secondary N) is 1. The Kier molecular flexibility index (Phi) is 5.24. The van der Waals surface area contributed by atoms with Gasteiger partial charge in [0.2, 0.25) is 0 Å². The average Bonchev–Trinajstić information content (AvgIpc) is 2.49. The van der Waals surface area contributed by atoms with Crippen LogP contribution in [-0.2, 0) is 15.6 Å². The quantitative estimate of drug-likeness (QED) is 0.869. The van der Waals surface area contributed by atoms with Crippen molar-refractivity contribution in [3.8, 4) is 0 Å². The van der Waals surface area contributed by atoms with Gasteiger partial charge < -0.3 is 5.32 Å². The Labute approximate surface area is 133 Å². The van der Waals surface area contributed by atoms with E-state index in [2.05, 4.69) is 24.4 Å². The van der Waals surface area contributed by atoms with Crippen LogP contribution in [0.1, 0.15) is 37.9 Å². The molecule has 0 radical (unpaired) electrons. The molecule has 0 bridgehead atoms. The third-order valence-electron chi connectivity index (χ3n) is 3.72. The summed E-state index contributed by atoms with van der Waals surface area (Å²) in [5, 5.41) is 3.08. The van der Waals surface area contributed by atoms with Gasteiger partial charge in [-0.05, 0) is 44.0 Å². The van der Waals surface area contributed by atoms with E-state index >= 15 is 0 Å². The fourth-order valence-electron chi connectivity index (χ4n) is 2.17. The Morgan fingerprint density at radius 2 is 1.50 bits per heavy atom. The fourth-order valence-corrected chi connectivity index (χ4v) is 3.16. The maximum atomic E-state index is 11.9. The first kappa shape index (κ1) is 16.6. The van der Waals surface area contributed by atoms with Gasteiger partial charge >= 0.3 is 0 Å². The van der Waals surface area contributed by atoms with Gasteiger partial charge in [0, 0.05) is 11.7 Å². The number of hydrogen-bond acceptors (Lipinski definition) is 3.